The molecule has 0 aromatic heterocycles. The fraction of sp³-hybridized carbons (Fsp3) is 0.692. The normalized spacial score (nSPS) is 23.0. The van der Waals surface area contributed by atoms with Gasteiger partial charge in [0.2, 0.25) is 0 Å². The highest BCUT2D eigenvalue weighted by Gasteiger charge is 2.46. The molecule has 1 aliphatic carbocycles. The standard InChI is InChI=1S/C26H40O3/c1-6-7-8-9-10-13-25(2,3)19-15-22(28)24-20-14-18(17-27)11-12-21(20)26(4,5)29-23(24)16-19/h11,15-16,20-21,27-28H,6-10,12-14,17H2,1-5H3/t20-,21-/m0/s1. The van der Waals surface area contributed by atoms with E-state index in [2.05, 4.69) is 46.8 Å². The number of allylic oxidation sites excluding steroid dienone is 1. The van der Waals surface area contributed by atoms with E-state index in [1.807, 2.05) is 6.07 Å². The van der Waals surface area contributed by atoms with Gasteiger partial charge in [0.25, 0.3) is 0 Å². The number of phenols is 1. The van der Waals surface area contributed by atoms with Crippen LogP contribution < -0.4 is 4.74 Å². The predicted molar refractivity (Wildman–Crippen MR) is 120 cm³/mol. The van der Waals surface area contributed by atoms with Crippen LogP contribution in [0.3, 0.4) is 0 Å². The first kappa shape index (κ1) is 22.2. The minimum Gasteiger partial charge on any atom is -0.508 e. The summed E-state index contributed by atoms with van der Waals surface area (Å²) in [5.41, 5.74) is 2.89. The molecule has 3 heteroatoms. The van der Waals surface area contributed by atoms with Gasteiger partial charge >= 0.3 is 0 Å². The third-order valence-corrected chi connectivity index (χ3v) is 7.28. The van der Waals surface area contributed by atoms with Crippen molar-refractivity contribution in [3.63, 3.8) is 0 Å². The van der Waals surface area contributed by atoms with Crippen LogP contribution in [0, 0.1) is 5.92 Å². The van der Waals surface area contributed by atoms with Crippen LogP contribution >= 0.6 is 0 Å². The average Bonchev–Trinajstić information content (AvgIpc) is 2.66. The number of rotatable bonds is 8. The first-order valence-corrected chi connectivity index (χ1v) is 11.5. The van der Waals surface area contributed by atoms with E-state index in [0.717, 1.165) is 41.7 Å². The molecule has 0 saturated heterocycles. The molecule has 0 fully saturated rings. The third kappa shape index (κ3) is 4.66. The first-order chi connectivity index (χ1) is 13.7. The average molecular weight is 401 g/mol. The van der Waals surface area contributed by atoms with Gasteiger partial charge < -0.3 is 14.9 Å². The van der Waals surface area contributed by atoms with Crippen molar-refractivity contribution in [2.24, 2.45) is 5.92 Å². The molecule has 29 heavy (non-hydrogen) atoms. The molecule has 3 rings (SSSR count). The van der Waals surface area contributed by atoms with Gasteiger partial charge in [-0.25, -0.2) is 0 Å². The zero-order valence-electron chi connectivity index (χ0n) is 19.1. The maximum atomic E-state index is 11.0. The number of hydrogen-bond acceptors (Lipinski definition) is 3. The Hall–Kier alpha value is -1.48. The van der Waals surface area contributed by atoms with Gasteiger partial charge in [0.05, 0.1) is 6.61 Å². The zero-order valence-corrected chi connectivity index (χ0v) is 19.1. The Morgan fingerprint density at radius 1 is 1.14 bits per heavy atom. The molecular formula is C26H40O3. The van der Waals surface area contributed by atoms with Crippen LogP contribution in [0.1, 0.15) is 103 Å². The van der Waals surface area contributed by atoms with Crippen LogP contribution in [0.2, 0.25) is 0 Å². The van der Waals surface area contributed by atoms with Gasteiger partial charge in [-0.2, -0.15) is 0 Å². The van der Waals surface area contributed by atoms with Gasteiger partial charge in [-0.3, -0.25) is 0 Å². The van der Waals surface area contributed by atoms with Crippen molar-refractivity contribution in [2.45, 2.75) is 103 Å². The van der Waals surface area contributed by atoms with Crippen molar-refractivity contribution in [1.82, 2.24) is 0 Å². The second-order valence-corrected chi connectivity index (χ2v) is 10.3. The van der Waals surface area contributed by atoms with E-state index in [4.69, 9.17) is 4.74 Å². The van der Waals surface area contributed by atoms with E-state index >= 15 is 0 Å². The number of hydrogen-bond donors (Lipinski definition) is 2. The Labute approximate surface area is 177 Å². The van der Waals surface area contributed by atoms with Crippen LogP contribution in [0.25, 0.3) is 0 Å². The molecule has 2 atom stereocenters. The van der Waals surface area contributed by atoms with E-state index in [9.17, 15) is 10.2 Å². The third-order valence-electron chi connectivity index (χ3n) is 7.28. The minimum atomic E-state index is -0.287. The minimum absolute atomic E-state index is 0.00576. The molecular weight excluding hydrogens is 360 g/mol. The van der Waals surface area contributed by atoms with Crippen molar-refractivity contribution in [1.29, 1.82) is 0 Å². The fourth-order valence-electron chi connectivity index (χ4n) is 5.30. The molecule has 0 saturated carbocycles. The smallest absolute Gasteiger partial charge is 0.127 e. The monoisotopic (exact) mass is 400 g/mol. The van der Waals surface area contributed by atoms with Crippen LogP contribution in [-0.4, -0.2) is 22.4 Å². The van der Waals surface area contributed by atoms with Gasteiger partial charge in [0.1, 0.15) is 17.1 Å². The second-order valence-electron chi connectivity index (χ2n) is 10.3. The number of fused-ring (bicyclic) bond motifs is 3. The van der Waals surface area contributed by atoms with Crippen LogP contribution in [0.4, 0.5) is 0 Å². The van der Waals surface area contributed by atoms with Gasteiger partial charge in [0, 0.05) is 17.4 Å². The maximum absolute atomic E-state index is 11.0. The van der Waals surface area contributed by atoms with Crippen molar-refractivity contribution in [3.05, 3.63) is 34.9 Å². The fourth-order valence-corrected chi connectivity index (χ4v) is 5.30. The summed E-state index contributed by atoms with van der Waals surface area (Å²) in [6.07, 6.45) is 11.3. The van der Waals surface area contributed by atoms with Crippen molar-refractivity contribution >= 4 is 0 Å². The summed E-state index contributed by atoms with van der Waals surface area (Å²) in [5.74, 6) is 1.71. The summed E-state index contributed by atoms with van der Waals surface area (Å²) < 4.78 is 6.48. The Morgan fingerprint density at radius 2 is 1.86 bits per heavy atom. The molecule has 0 spiro atoms. The van der Waals surface area contributed by atoms with Crippen LogP contribution in [0.5, 0.6) is 11.5 Å². The van der Waals surface area contributed by atoms with E-state index in [0.29, 0.717) is 11.7 Å². The molecule has 1 aromatic carbocycles. The van der Waals surface area contributed by atoms with E-state index in [1.165, 1.54) is 32.1 Å². The molecule has 0 unspecified atom stereocenters. The predicted octanol–water partition coefficient (Wildman–Crippen LogP) is 6.61. The largest absolute Gasteiger partial charge is 0.508 e. The van der Waals surface area contributed by atoms with Gasteiger partial charge in [-0.15, -0.1) is 0 Å². The molecule has 0 amide bonds. The zero-order chi connectivity index (χ0) is 21.2. The summed E-state index contributed by atoms with van der Waals surface area (Å²) >= 11 is 0. The lowest BCUT2D eigenvalue weighted by molar-refractivity contribution is 0.00662. The Balaban J connectivity index is 1.87. The van der Waals surface area contributed by atoms with E-state index < -0.39 is 0 Å². The molecule has 0 bridgehead atoms. The first-order valence-electron chi connectivity index (χ1n) is 11.5. The molecule has 0 radical (unpaired) electrons. The van der Waals surface area contributed by atoms with Crippen molar-refractivity contribution in [2.75, 3.05) is 6.61 Å². The lowest BCUT2D eigenvalue weighted by atomic mass is 9.66. The van der Waals surface area contributed by atoms with Crippen molar-refractivity contribution in [3.8, 4) is 11.5 Å². The summed E-state index contributed by atoms with van der Waals surface area (Å²) in [6, 6.07) is 4.15. The lowest BCUT2D eigenvalue weighted by Crippen LogP contribution is -2.45. The van der Waals surface area contributed by atoms with Crippen LogP contribution in [0.15, 0.2) is 23.8 Å². The van der Waals surface area contributed by atoms with Crippen LogP contribution in [-0.2, 0) is 5.41 Å². The number of aliphatic hydroxyl groups is 1. The SMILES string of the molecule is CCCCCCCC(C)(C)c1cc(O)c2c(c1)OC(C)(C)[C@H]1CC=C(CO)C[C@H]21. The van der Waals surface area contributed by atoms with E-state index in [-0.39, 0.29) is 23.5 Å². The Bertz CT molecular complexity index is 745. The second kappa shape index (κ2) is 8.71. The summed E-state index contributed by atoms with van der Waals surface area (Å²) in [4.78, 5) is 0. The highest BCUT2D eigenvalue weighted by Crippen LogP contribution is 2.54. The number of benzene rings is 1. The molecule has 2 aliphatic rings. The summed E-state index contributed by atoms with van der Waals surface area (Å²) in [5, 5.41) is 20.7. The summed E-state index contributed by atoms with van der Waals surface area (Å²) in [7, 11) is 0. The number of ether oxygens (including phenoxy) is 1. The number of phenolic OH excluding ortho intramolecular Hbond substituents is 1. The number of aliphatic hydroxyl groups excluding tert-OH is 1. The highest BCUT2D eigenvalue weighted by atomic mass is 16.5. The molecule has 1 aliphatic heterocycles. The van der Waals surface area contributed by atoms with Crippen molar-refractivity contribution < 1.29 is 14.9 Å². The molecule has 3 nitrogen and oxygen atoms in total. The Kier molecular flexibility index (Phi) is 6.67. The lowest BCUT2D eigenvalue weighted by Gasteiger charge is -2.47. The van der Waals surface area contributed by atoms with Gasteiger partial charge in [-0.05, 0) is 61.8 Å². The maximum Gasteiger partial charge on any atom is 0.127 e. The summed E-state index contributed by atoms with van der Waals surface area (Å²) in [6.45, 7) is 11.2. The number of aromatic hydroxyl groups is 1. The molecule has 1 heterocycles. The topological polar surface area (TPSA) is 49.7 Å². The molecule has 1 aromatic rings. The van der Waals surface area contributed by atoms with Gasteiger partial charge in [-0.1, -0.05) is 59.0 Å². The van der Waals surface area contributed by atoms with Gasteiger partial charge in [0.15, 0.2) is 0 Å². The Morgan fingerprint density at radius 3 is 2.55 bits per heavy atom. The number of unbranched alkanes of at least 4 members (excludes halogenated alkanes) is 4. The molecule has 162 valence electrons. The quantitative estimate of drug-likeness (QED) is 0.381. The molecule has 2 N–H and O–H groups in total. The highest BCUT2D eigenvalue weighted by molar-refractivity contribution is 5.54. The van der Waals surface area contributed by atoms with E-state index in [1.54, 1.807) is 0 Å².